The number of aromatic nitrogens is 4. The first kappa shape index (κ1) is 35.7. The van der Waals surface area contributed by atoms with Crippen molar-refractivity contribution in [3.05, 3.63) is 83.4 Å². The van der Waals surface area contributed by atoms with E-state index in [1.54, 1.807) is 12.1 Å². The molecule has 3 aromatic carbocycles. The average molecular weight is 687 g/mol. The number of nitrogens with two attached hydrogens (primary N) is 1. The third-order valence-electron chi connectivity index (χ3n) is 9.42. The molecule has 1 aliphatic heterocycles. The summed E-state index contributed by atoms with van der Waals surface area (Å²) in [5.74, 6) is 0.373. The number of nitrogens with zero attached hydrogens (tertiary/aromatic N) is 4. The lowest BCUT2D eigenvalue weighted by Crippen LogP contribution is -2.48. The molecule has 2 heterocycles. The maximum atomic E-state index is 13.8. The van der Waals surface area contributed by atoms with E-state index in [0.717, 1.165) is 53.5 Å². The SMILES string of the molecule is Cc1ccc(C[C@H](NC(=O)C2CCC(CN)CC2)C(=O)Nc2ccc(-c3nnn[nH]3)cc2)cc1-c1cccc(C(=O)N2CCOCC2)c1.Cl. The van der Waals surface area contributed by atoms with Crippen LogP contribution in [0.5, 0.6) is 0 Å². The average Bonchev–Trinajstić information content (AvgIpc) is 3.68. The van der Waals surface area contributed by atoms with Gasteiger partial charge < -0.3 is 26.0 Å². The molecule has 0 spiro atoms. The topological polar surface area (TPSA) is 168 Å². The highest BCUT2D eigenvalue weighted by Crippen LogP contribution is 2.29. The minimum Gasteiger partial charge on any atom is -0.378 e. The minimum atomic E-state index is -0.812. The van der Waals surface area contributed by atoms with E-state index in [1.807, 2.05) is 66.4 Å². The lowest BCUT2D eigenvalue weighted by atomic mass is 9.81. The van der Waals surface area contributed by atoms with Crippen LogP contribution in [0.2, 0.25) is 0 Å². The van der Waals surface area contributed by atoms with Crippen molar-refractivity contribution in [1.29, 1.82) is 0 Å². The highest BCUT2D eigenvalue weighted by Gasteiger charge is 2.30. The molecule has 1 aromatic heterocycles. The van der Waals surface area contributed by atoms with Crippen LogP contribution in [0.1, 0.15) is 47.2 Å². The van der Waals surface area contributed by atoms with Crippen LogP contribution in [0.3, 0.4) is 0 Å². The molecule has 2 fully saturated rings. The number of H-pyrrole nitrogens is 1. The van der Waals surface area contributed by atoms with Gasteiger partial charge in [0.25, 0.3) is 5.91 Å². The number of ether oxygens (including phenoxy) is 1. The Hall–Kier alpha value is -4.65. The molecule has 2 aliphatic rings. The zero-order chi connectivity index (χ0) is 33.5. The number of halogens is 1. The lowest BCUT2D eigenvalue weighted by Gasteiger charge is -2.28. The summed E-state index contributed by atoms with van der Waals surface area (Å²) in [6.45, 7) is 4.88. The number of tetrazole rings is 1. The van der Waals surface area contributed by atoms with Crippen molar-refractivity contribution in [3.63, 3.8) is 0 Å². The Morgan fingerprint density at radius 1 is 0.980 bits per heavy atom. The first-order valence-electron chi connectivity index (χ1n) is 16.6. The van der Waals surface area contributed by atoms with E-state index in [2.05, 4.69) is 31.3 Å². The minimum absolute atomic E-state index is 0. The Morgan fingerprint density at radius 2 is 1.73 bits per heavy atom. The van der Waals surface area contributed by atoms with Crippen LogP contribution in [0, 0.1) is 18.8 Å². The van der Waals surface area contributed by atoms with Crippen molar-refractivity contribution in [1.82, 2.24) is 30.8 Å². The molecule has 12 nitrogen and oxygen atoms in total. The van der Waals surface area contributed by atoms with Crippen LogP contribution in [0.25, 0.3) is 22.5 Å². The Kier molecular flexibility index (Phi) is 12.1. The predicted molar refractivity (Wildman–Crippen MR) is 189 cm³/mol. The molecule has 4 aromatic rings. The summed E-state index contributed by atoms with van der Waals surface area (Å²) in [6, 6.07) is 20.1. The van der Waals surface area contributed by atoms with Gasteiger partial charge in [-0.15, -0.1) is 17.5 Å². The number of carbonyl (C=O) groups excluding carboxylic acids is 3. The summed E-state index contributed by atoms with van der Waals surface area (Å²) < 4.78 is 5.41. The van der Waals surface area contributed by atoms with Gasteiger partial charge in [0.15, 0.2) is 5.82 Å². The first-order chi connectivity index (χ1) is 23.4. The smallest absolute Gasteiger partial charge is 0.254 e. The van der Waals surface area contributed by atoms with Crippen LogP contribution < -0.4 is 16.4 Å². The fraction of sp³-hybridized carbons (Fsp3) is 0.389. The Labute approximate surface area is 292 Å². The van der Waals surface area contributed by atoms with E-state index < -0.39 is 6.04 Å². The number of benzene rings is 3. The molecule has 3 amide bonds. The molecular weight excluding hydrogens is 644 g/mol. The van der Waals surface area contributed by atoms with Gasteiger partial charge in [-0.05, 0) is 114 Å². The summed E-state index contributed by atoms with van der Waals surface area (Å²) in [4.78, 5) is 42.4. The molecule has 5 N–H and O–H groups in total. The highest BCUT2D eigenvalue weighted by molar-refractivity contribution is 5.98. The lowest BCUT2D eigenvalue weighted by molar-refractivity contribution is -0.130. The molecule has 258 valence electrons. The number of carbonyl (C=O) groups is 3. The van der Waals surface area contributed by atoms with Gasteiger partial charge in [0, 0.05) is 42.2 Å². The van der Waals surface area contributed by atoms with Gasteiger partial charge in [0.05, 0.1) is 13.2 Å². The van der Waals surface area contributed by atoms with E-state index in [1.165, 1.54) is 0 Å². The third kappa shape index (κ3) is 8.88. The van der Waals surface area contributed by atoms with Crippen LogP contribution in [-0.2, 0) is 20.7 Å². The normalized spacial score (nSPS) is 18.2. The Balaban J connectivity index is 0.00000468. The molecule has 6 rings (SSSR count). The molecule has 1 aliphatic carbocycles. The monoisotopic (exact) mass is 686 g/mol. The zero-order valence-corrected chi connectivity index (χ0v) is 28.4. The maximum absolute atomic E-state index is 13.8. The van der Waals surface area contributed by atoms with Crippen LogP contribution >= 0.6 is 12.4 Å². The fourth-order valence-corrected chi connectivity index (χ4v) is 6.49. The van der Waals surface area contributed by atoms with E-state index in [4.69, 9.17) is 10.5 Å². The number of amides is 3. The number of nitrogens with one attached hydrogen (secondary N) is 3. The van der Waals surface area contributed by atoms with Gasteiger partial charge >= 0.3 is 0 Å². The van der Waals surface area contributed by atoms with Crippen LogP contribution in [-0.4, -0.2) is 82.1 Å². The van der Waals surface area contributed by atoms with E-state index in [-0.39, 0.29) is 42.5 Å². The molecule has 1 saturated carbocycles. The molecule has 0 radical (unpaired) electrons. The van der Waals surface area contributed by atoms with Gasteiger partial charge in [0.2, 0.25) is 11.8 Å². The van der Waals surface area contributed by atoms with Crippen molar-refractivity contribution in [2.75, 3.05) is 38.2 Å². The second-order valence-electron chi connectivity index (χ2n) is 12.7. The molecular formula is C36H43ClN8O4. The number of anilines is 1. The van der Waals surface area contributed by atoms with E-state index >= 15 is 0 Å². The fourth-order valence-electron chi connectivity index (χ4n) is 6.49. The zero-order valence-electron chi connectivity index (χ0n) is 27.6. The number of hydrogen-bond acceptors (Lipinski definition) is 8. The van der Waals surface area contributed by atoms with Crippen molar-refractivity contribution in [2.45, 2.75) is 45.1 Å². The maximum Gasteiger partial charge on any atom is 0.254 e. The number of morpholine rings is 1. The second-order valence-corrected chi connectivity index (χ2v) is 12.7. The molecule has 1 atom stereocenters. The quantitative estimate of drug-likeness (QED) is 0.193. The second kappa shape index (κ2) is 16.6. The van der Waals surface area contributed by atoms with Crippen molar-refractivity contribution in [2.24, 2.45) is 17.6 Å². The standard InChI is InChI=1S/C36H42N8O4.ClH/c1-23-5-6-25(19-31(23)28-3-2-4-29(21-28)36(47)44-15-17-48-18-16-44)20-32(39-34(45)27-9-7-24(22-37)8-10-27)35(46)38-30-13-11-26(12-14-30)33-40-42-43-41-33;/h2-6,11-14,19,21,24,27,32H,7-10,15-18,20,22,37H2,1H3,(H,38,46)(H,39,45)(H,40,41,42,43);1H/t24?,27?,32-;/m0./s1. The van der Waals surface area contributed by atoms with Crippen molar-refractivity contribution < 1.29 is 19.1 Å². The largest absolute Gasteiger partial charge is 0.378 e. The summed E-state index contributed by atoms with van der Waals surface area (Å²) in [5.41, 5.74) is 11.7. The van der Waals surface area contributed by atoms with Crippen LogP contribution in [0.4, 0.5) is 5.69 Å². The number of hydrogen-bond donors (Lipinski definition) is 4. The van der Waals surface area contributed by atoms with Gasteiger partial charge in [-0.2, -0.15) is 0 Å². The number of rotatable bonds is 10. The third-order valence-corrected chi connectivity index (χ3v) is 9.42. The predicted octanol–water partition coefficient (Wildman–Crippen LogP) is 4.17. The van der Waals surface area contributed by atoms with Crippen LogP contribution in [0.15, 0.2) is 66.7 Å². The molecule has 1 saturated heterocycles. The first-order valence-corrected chi connectivity index (χ1v) is 16.6. The molecule has 13 heteroatoms. The van der Waals surface area contributed by atoms with Gasteiger partial charge in [-0.1, -0.05) is 30.3 Å². The van der Waals surface area contributed by atoms with Crippen molar-refractivity contribution in [3.8, 4) is 22.5 Å². The van der Waals surface area contributed by atoms with E-state index in [9.17, 15) is 14.4 Å². The molecule has 49 heavy (non-hydrogen) atoms. The van der Waals surface area contributed by atoms with E-state index in [0.29, 0.717) is 55.8 Å². The molecule has 0 unspecified atom stereocenters. The molecule has 0 bridgehead atoms. The Morgan fingerprint density at radius 3 is 2.43 bits per heavy atom. The number of aryl methyl sites for hydroxylation is 1. The van der Waals surface area contributed by atoms with Gasteiger partial charge in [-0.25, -0.2) is 5.10 Å². The van der Waals surface area contributed by atoms with Gasteiger partial charge in [-0.3, -0.25) is 14.4 Å². The summed E-state index contributed by atoms with van der Waals surface area (Å²) in [7, 11) is 0. The summed E-state index contributed by atoms with van der Waals surface area (Å²) in [6.07, 6.45) is 3.62. The Bertz CT molecular complexity index is 1720. The summed E-state index contributed by atoms with van der Waals surface area (Å²) in [5, 5.41) is 19.9. The van der Waals surface area contributed by atoms with Gasteiger partial charge in [0.1, 0.15) is 6.04 Å². The van der Waals surface area contributed by atoms with Crippen molar-refractivity contribution >= 4 is 35.8 Å². The summed E-state index contributed by atoms with van der Waals surface area (Å²) >= 11 is 0. The number of aromatic amines is 1. The highest BCUT2D eigenvalue weighted by atomic mass is 35.5.